The molecule has 0 aliphatic rings. The number of hydrogen-bond acceptors (Lipinski definition) is 2. The maximum absolute atomic E-state index is 10.1. The van der Waals surface area contributed by atoms with Gasteiger partial charge in [-0.15, -0.1) is 0 Å². The van der Waals surface area contributed by atoms with Crippen LogP contribution in [0.4, 0.5) is 0 Å². The summed E-state index contributed by atoms with van der Waals surface area (Å²) in [6.07, 6.45) is 0. The third kappa shape index (κ3) is 2.69. The van der Waals surface area contributed by atoms with Gasteiger partial charge in [0.1, 0.15) is 0 Å². The van der Waals surface area contributed by atoms with Gasteiger partial charge in [-0.2, -0.15) is 0 Å². The smallest absolute Gasteiger partial charge is 0.187 e. The Labute approximate surface area is 77.9 Å². The zero-order valence-electron chi connectivity index (χ0n) is 8.89. The molecule has 12 heavy (non-hydrogen) atoms. The molecule has 2 N–H and O–H groups in total. The van der Waals surface area contributed by atoms with E-state index in [9.17, 15) is 9.59 Å². The van der Waals surface area contributed by atoms with Crippen LogP contribution in [0.1, 0.15) is 20.8 Å². The van der Waals surface area contributed by atoms with Crippen LogP contribution in [0.15, 0.2) is 0 Å². The molecule has 0 aliphatic carbocycles. The van der Waals surface area contributed by atoms with Crippen LogP contribution in [0, 0.1) is 0 Å². The standard InChI is InChI=1S/C8H22O2Si2/c1-6-11(4,9)8(3)12(5,10)7-2/h8-10H,6-7H2,1-5H3/t8?,11-,12+. The molecule has 0 rings (SSSR count). The first kappa shape index (κ1) is 12.4. The second-order valence-electron chi connectivity index (χ2n) is 4.14. The first-order chi connectivity index (χ1) is 5.28. The zero-order valence-corrected chi connectivity index (χ0v) is 10.9. The largest absolute Gasteiger partial charge is 0.432 e. The van der Waals surface area contributed by atoms with E-state index in [1.807, 2.05) is 33.9 Å². The second kappa shape index (κ2) is 4.04. The third-order valence-electron chi connectivity index (χ3n) is 3.30. The SMILES string of the molecule is CC[Si@](C)(O)C(C)[Si@](C)(O)CC. The molecule has 3 atom stereocenters. The van der Waals surface area contributed by atoms with E-state index in [1.165, 1.54) is 0 Å². The molecule has 0 aromatic rings. The molecule has 74 valence electrons. The van der Waals surface area contributed by atoms with Crippen LogP contribution in [0.3, 0.4) is 0 Å². The molecular formula is C8H22O2Si2. The summed E-state index contributed by atoms with van der Waals surface area (Å²) in [6, 6.07) is 1.69. The summed E-state index contributed by atoms with van der Waals surface area (Å²) in [6.45, 7) is 9.96. The maximum atomic E-state index is 10.1. The summed E-state index contributed by atoms with van der Waals surface area (Å²) in [4.78, 5) is 20.1. The van der Waals surface area contributed by atoms with Gasteiger partial charge in [-0.1, -0.05) is 20.8 Å². The summed E-state index contributed by atoms with van der Waals surface area (Å²) in [5.74, 6) is 0. The highest BCUT2D eigenvalue weighted by atomic mass is 28.4. The van der Waals surface area contributed by atoms with Crippen LogP contribution in [-0.2, 0) is 0 Å². The third-order valence-corrected chi connectivity index (χ3v) is 13.6. The van der Waals surface area contributed by atoms with Gasteiger partial charge < -0.3 is 9.59 Å². The fourth-order valence-corrected chi connectivity index (χ4v) is 9.09. The molecule has 0 saturated heterocycles. The summed E-state index contributed by atoms with van der Waals surface area (Å²) in [5, 5.41) is 0.181. The van der Waals surface area contributed by atoms with Crippen molar-refractivity contribution < 1.29 is 9.59 Å². The van der Waals surface area contributed by atoms with E-state index in [4.69, 9.17) is 0 Å². The van der Waals surface area contributed by atoms with Crippen molar-refractivity contribution in [1.82, 2.24) is 0 Å². The van der Waals surface area contributed by atoms with Gasteiger partial charge in [0.2, 0.25) is 0 Å². The average Bonchev–Trinajstić information content (AvgIpc) is 2.03. The fourth-order valence-electron chi connectivity index (χ4n) is 1.28. The maximum Gasteiger partial charge on any atom is 0.187 e. The van der Waals surface area contributed by atoms with E-state index in [-0.39, 0.29) is 5.16 Å². The molecule has 4 heteroatoms. The minimum absolute atomic E-state index is 0.181. The summed E-state index contributed by atoms with van der Waals surface area (Å²) < 4.78 is 0. The molecule has 0 amide bonds. The van der Waals surface area contributed by atoms with Crippen LogP contribution >= 0.6 is 0 Å². The Morgan fingerprint density at radius 1 is 1.00 bits per heavy atom. The van der Waals surface area contributed by atoms with E-state index >= 15 is 0 Å². The van der Waals surface area contributed by atoms with E-state index in [2.05, 4.69) is 0 Å². The van der Waals surface area contributed by atoms with Crippen molar-refractivity contribution in [2.75, 3.05) is 0 Å². The number of rotatable bonds is 4. The number of hydrogen-bond donors (Lipinski definition) is 2. The van der Waals surface area contributed by atoms with Gasteiger partial charge in [0, 0.05) is 0 Å². The Kier molecular flexibility index (Phi) is 4.16. The molecule has 0 spiro atoms. The predicted molar refractivity (Wildman–Crippen MR) is 58.1 cm³/mol. The Morgan fingerprint density at radius 3 is 1.42 bits per heavy atom. The lowest BCUT2D eigenvalue weighted by Gasteiger charge is -2.35. The Balaban J connectivity index is 4.47. The highest BCUT2D eigenvalue weighted by molar-refractivity contribution is 6.91. The molecule has 0 heterocycles. The van der Waals surface area contributed by atoms with Crippen molar-refractivity contribution in [3.63, 3.8) is 0 Å². The summed E-state index contributed by atoms with van der Waals surface area (Å²) >= 11 is 0. The summed E-state index contributed by atoms with van der Waals surface area (Å²) in [7, 11) is -4.25. The van der Waals surface area contributed by atoms with Crippen molar-refractivity contribution in [2.45, 2.75) is 51.1 Å². The molecule has 0 aromatic heterocycles. The minimum Gasteiger partial charge on any atom is -0.432 e. The van der Waals surface area contributed by atoms with E-state index in [0.717, 1.165) is 12.1 Å². The van der Waals surface area contributed by atoms with Gasteiger partial charge in [0.25, 0.3) is 0 Å². The molecule has 0 aliphatic heterocycles. The highest BCUT2D eigenvalue weighted by Crippen LogP contribution is 2.32. The predicted octanol–water partition coefficient (Wildman–Crippen LogP) is 2.09. The van der Waals surface area contributed by atoms with Crippen molar-refractivity contribution in [2.24, 2.45) is 0 Å². The lowest BCUT2D eigenvalue weighted by atomic mass is 10.9. The molecule has 2 nitrogen and oxygen atoms in total. The van der Waals surface area contributed by atoms with Crippen LogP contribution in [0.25, 0.3) is 0 Å². The molecule has 0 bridgehead atoms. The van der Waals surface area contributed by atoms with E-state index in [0.29, 0.717) is 0 Å². The molecular weight excluding hydrogens is 184 g/mol. The highest BCUT2D eigenvalue weighted by Gasteiger charge is 2.43. The quantitative estimate of drug-likeness (QED) is 0.692. The van der Waals surface area contributed by atoms with Gasteiger partial charge in [-0.3, -0.25) is 0 Å². The Bertz CT molecular complexity index is 130. The molecule has 0 fully saturated rings. The first-order valence-electron chi connectivity index (χ1n) is 4.72. The normalized spacial score (nSPS) is 24.2. The average molecular weight is 206 g/mol. The lowest BCUT2D eigenvalue weighted by molar-refractivity contribution is 0.496. The van der Waals surface area contributed by atoms with Gasteiger partial charge in [0.15, 0.2) is 16.6 Å². The van der Waals surface area contributed by atoms with Gasteiger partial charge in [0.05, 0.1) is 0 Å². The van der Waals surface area contributed by atoms with Crippen molar-refractivity contribution in [1.29, 1.82) is 0 Å². The molecule has 0 saturated carbocycles. The molecule has 1 unspecified atom stereocenters. The fraction of sp³-hybridized carbons (Fsp3) is 1.00. The molecule has 0 radical (unpaired) electrons. The van der Waals surface area contributed by atoms with Crippen molar-refractivity contribution in [3.8, 4) is 0 Å². The van der Waals surface area contributed by atoms with E-state index in [1.54, 1.807) is 0 Å². The molecule has 0 aromatic carbocycles. The Hall–Kier alpha value is 0.354. The van der Waals surface area contributed by atoms with Crippen LogP contribution in [0.5, 0.6) is 0 Å². The monoisotopic (exact) mass is 206 g/mol. The Morgan fingerprint density at radius 2 is 1.25 bits per heavy atom. The zero-order chi connectivity index (χ0) is 9.99. The second-order valence-corrected chi connectivity index (χ2v) is 13.3. The minimum atomic E-state index is -2.13. The first-order valence-corrected chi connectivity index (χ1v) is 10.2. The van der Waals surface area contributed by atoms with E-state index < -0.39 is 16.6 Å². The topological polar surface area (TPSA) is 40.5 Å². The lowest BCUT2D eigenvalue weighted by Crippen LogP contribution is -2.49. The van der Waals surface area contributed by atoms with Gasteiger partial charge in [-0.05, 0) is 30.3 Å². The van der Waals surface area contributed by atoms with Gasteiger partial charge in [-0.25, -0.2) is 0 Å². The van der Waals surface area contributed by atoms with Crippen LogP contribution in [0.2, 0.25) is 30.3 Å². The van der Waals surface area contributed by atoms with Crippen molar-refractivity contribution in [3.05, 3.63) is 0 Å². The van der Waals surface area contributed by atoms with Gasteiger partial charge >= 0.3 is 0 Å². The van der Waals surface area contributed by atoms with Crippen molar-refractivity contribution >= 4 is 16.6 Å². The van der Waals surface area contributed by atoms with Crippen LogP contribution in [-0.4, -0.2) is 26.2 Å². The van der Waals surface area contributed by atoms with Crippen LogP contribution < -0.4 is 0 Å². The summed E-state index contributed by atoms with van der Waals surface area (Å²) in [5.41, 5.74) is 0.